The molecule has 0 aromatic rings. The van der Waals surface area contributed by atoms with Crippen LogP contribution in [-0.2, 0) is 14.3 Å². The number of imide groups is 1. The molecule has 2 N–H and O–H groups in total. The highest BCUT2D eigenvalue weighted by Gasteiger charge is 2.50. The van der Waals surface area contributed by atoms with Gasteiger partial charge in [-0.25, -0.2) is 0 Å². The minimum absolute atomic E-state index is 0.0350. The second-order valence-electron chi connectivity index (χ2n) is 4.89. The molecule has 0 spiro atoms. The Balaban J connectivity index is 2.17. The van der Waals surface area contributed by atoms with Crippen LogP contribution in [0.3, 0.4) is 0 Å². The molecule has 0 radical (unpaired) electrons. The van der Waals surface area contributed by atoms with Gasteiger partial charge in [-0.05, 0) is 12.8 Å². The van der Waals surface area contributed by atoms with Crippen molar-refractivity contribution in [2.75, 3.05) is 20.3 Å². The van der Waals surface area contributed by atoms with Crippen molar-refractivity contribution < 1.29 is 14.3 Å². The lowest BCUT2D eigenvalue weighted by Gasteiger charge is -2.24. The summed E-state index contributed by atoms with van der Waals surface area (Å²) in [6.07, 6.45) is 3.78. The zero-order valence-electron chi connectivity index (χ0n) is 10.2. The fourth-order valence-electron chi connectivity index (χ4n) is 2.99. The zero-order valence-corrected chi connectivity index (χ0v) is 10.2. The highest BCUT2D eigenvalue weighted by Crippen LogP contribution is 2.38. The number of amides is 2. The van der Waals surface area contributed by atoms with Gasteiger partial charge in [-0.3, -0.25) is 14.5 Å². The van der Waals surface area contributed by atoms with Gasteiger partial charge in [0.1, 0.15) is 0 Å². The van der Waals surface area contributed by atoms with E-state index in [0.29, 0.717) is 6.61 Å². The first-order chi connectivity index (χ1) is 8.20. The van der Waals surface area contributed by atoms with Crippen molar-refractivity contribution in [1.29, 1.82) is 0 Å². The molecule has 2 amide bonds. The highest BCUT2D eigenvalue weighted by atomic mass is 16.5. The Morgan fingerprint density at radius 1 is 1.29 bits per heavy atom. The maximum absolute atomic E-state index is 12.2. The van der Waals surface area contributed by atoms with Gasteiger partial charge in [0, 0.05) is 13.7 Å². The van der Waals surface area contributed by atoms with Crippen molar-refractivity contribution in [2.24, 2.45) is 17.6 Å². The number of fused-ring (bicyclic) bond motifs is 1. The van der Waals surface area contributed by atoms with Gasteiger partial charge in [-0.2, -0.15) is 0 Å². The smallest absolute Gasteiger partial charge is 0.233 e. The number of methoxy groups -OCH3 is 1. The molecule has 1 aliphatic carbocycles. The third-order valence-corrected chi connectivity index (χ3v) is 3.87. The summed E-state index contributed by atoms with van der Waals surface area (Å²) in [5.41, 5.74) is 5.63. The van der Waals surface area contributed by atoms with Crippen molar-refractivity contribution in [1.82, 2.24) is 4.90 Å². The van der Waals surface area contributed by atoms with Gasteiger partial charge in [0.25, 0.3) is 0 Å². The third kappa shape index (κ3) is 2.09. The summed E-state index contributed by atoms with van der Waals surface area (Å²) in [6.45, 7) is 0.595. The average molecular weight is 240 g/mol. The van der Waals surface area contributed by atoms with Gasteiger partial charge in [-0.1, -0.05) is 12.8 Å². The number of hydrogen-bond donors (Lipinski definition) is 1. The molecule has 1 heterocycles. The Bertz CT molecular complexity index is 295. The maximum atomic E-state index is 12.2. The van der Waals surface area contributed by atoms with Crippen LogP contribution in [0.25, 0.3) is 0 Å². The Morgan fingerprint density at radius 3 is 2.24 bits per heavy atom. The number of ether oxygens (including phenoxy) is 1. The standard InChI is InChI=1S/C12H20N2O3/c1-17-7-8(6-13)14-11(15)9-4-2-3-5-10(9)12(14)16/h8-10H,2-7,13H2,1H3. The molecule has 2 aliphatic rings. The molecule has 5 nitrogen and oxygen atoms in total. The summed E-state index contributed by atoms with van der Waals surface area (Å²) >= 11 is 0. The molecule has 0 aromatic heterocycles. The second-order valence-corrected chi connectivity index (χ2v) is 4.89. The van der Waals surface area contributed by atoms with Crippen molar-refractivity contribution in [3.05, 3.63) is 0 Å². The van der Waals surface area contributed by atoms with E-state index < -0.39 is 0 Å². The monoisotopic (exact) mass is 240 g/mol. The maximum Gasteiger partial charge on any atom is 0.233 e. The Morgan fingerprint density at radius 2 is 1.82 bits per heavy atom. The molecule has 0 aromatic carbocycles. The van der Waals surface area contributed by atoms with Gasteiger partial charge in [0.05, 0.1) is 24.5 Å². The van der Waals surface area contributed by atoms with E-state index in [4.69, 9.17) is 10.5 Å². The Kier molecular flexibility index (Phi) is 3.79. The van der Waals surface area contributed by atoms with E-state index in [0.717, 1.165) is 25.7 Å². The Labute approximate surface area is 101 Å². The minimum atomic E-state index is -0.300. The summed E-state index contributed by atoms with van der Waals surface area (Å²) in [5, 5.41) is 0. The topological polar surface area (TPSA) is 72.6 Å². The molecule has 0 bridgehead atoms. The van der Waals surface area contributed by atoms with E-state index in [2.05, 4.69) is 0 Å². The molecule has 3 unspecified atom stereocenters. The lowest BCUT2D eigenvalue weighted by Crippen LogP contribution is -2.47. The molecule has 3 atom stereocenters. The van der Waals surface area contributed by atoms with Crippen LogP contribution in [0.15, 0.2) is 0 Å². The molecular weight excluding hydrogens is 220 g/mol. The van der Waals surface area contributed by atoms with Crippen LogP contribution < -0.4 is 5.73 Å². The number of hydrogen-bond acceptors (Lipinski definition) is 4. The van der Waals surface area contributed by atoms with Crippen LogP contribution in [0.2, 0.25) is 0 Å². The van der Waals surface area contributed by atoms with Crippen LogP contribution in [0.4, 0.5) is 0 Å². The Hall–Kier alpha value is -0.940. The quantitative estimate of drug-likeness (QED) is 0.709. The van der Waals surface area contributed by atoms with E-state index in [-0.39, 0.29) is 36.2 Å². The lowest BCUT2D eigenvalue weighted by molar-refractivity contribution is -0.143. The van der Waals surface area contributed by atoms with E-state index >= 15 is 0 Å². The second kappa shape index (κ2) is 5.14. The lowest BCUT2D eigenvalue weighted by atomic mass is 9.81. The van der Waals surface area contributed by atoms with Crippen LogP contribution in [-0.4, -0.2) is 43.0 Å². The molecule has 1 aliphatic heterocycles. The molecule has 17 heavy (non-hydrogen) atoms. The normalized spacial score (nSPS) is 30.6. The molecule has 2 fully saturated rings. The van der Waals surface area contributed by atoms with Crippen LogP contribution in [0.5, 0.6) is 0 Å². The summed E-state index contributed by atoms with van der Waals surface area (Å²) in [5.74, 6) is -0.260. The third-order valence-electron chi connectivity index (χ3n) is 3.87. The van der Waals surface area contributed by atoms with Crippen LogP contribution >= 0.6 is 0 Å². The van der Waals surface area contributed by atoms with Crippen LogP contribution in [0.1, 0.15) is 25.7 Å². The largest absolute Gasteiger partial charge is 0.382 e. The average Bonchev–Trinajstić information content (AvgIpc) is 2.61. The van der Waals surface area contributed by atoms with Gasteiger partial charge >= 0.3 is 0 Å². The van der Waals surface area contributed by atoms with Gasteiger partial charge in [0.15, 0.2) is 0 Å². The molecular formula is C12H20N2O3. The fourth-order valence-corrected chi connectivity index (χ4v) is 2.99. The van der Waals surface area contributed by atoms with Crippen molar-refractivity contribution in [3.8, 4) is 0 Å². The highest BCUT2D eigenvalue weighted by molar-refractivity contribution is 6.05. The number of carbonyl (C=O) groups is 2. The van der Waals surface area contributed by atoms with E-state index in [1.807, 2.05) is 0 Å². The number of carbonyl (C=O) groups excluding carboxylic acids is 2. The van der Waals surface area contributed by atoms with E-state index in [1.165, 1.54) is 4.90 Å². The SMILES string of the molecule is COCC(CN)N1C(=O)C2CCCCC2C1=O. The zero-order chi connectivity index (χ0) is 12.4. The number of likely N-dealkylation sites (tertiary alicyclic amines) is 1. The number of nitrogens with zero attached hydrogens (tertiary/aromatic N) is 1. The molecule has 1 saturated carbocycles. The van der Waals surface area contributed by atoms with Gasteiger partial charge in [0.2, 0.25) is 11.8 Å². The van der Waals surface area contributed by atoms with Gasteiger partial charge in [-0.15, -0.1) is 0 Å². The summed E-state index contributed by atoms with van der Waals surface area (Å²) < 4.78 is 5.03. The molecule has 96 valence electrons. The summed E-state index contributed by atoms with van der Waals surface area (Å²) in [7, 11) is 1.56. The van der Waals surface area contributed by atoms with E-state index in [9.17, 15) is 9.59 Å². The summed E-state index contributed by atoms with van der Waals surface area (Å²) in [6, 6.07) is -0.300. The van der Waals surface area contributed by atoms with Crippen molar-refractivity contribution in [2.45, 2.75) is 31.7 Å². The first-order valence-electron chi connectivity index (χ1n) is 6.26. The van der Waals surface area contributed by atoms with Crippen molar-refractivity contribution in [3.63, 3.8) is 0 Å². The predicted octanol–water partition coefficient (Wildman–Crippen LogP) is 0.135. The van der Waals surface area contributed by atoms with Crippen molar-refractivity contribution >= 4 is 11.8 Å². The first kappa shape index (κ1) is 12.5. The molecule has 1 saturated heterocycles. The first-order valence-corrected chi connectivity index (χ1v) is 6.26. The van der Waals surface area contributed by atoms with Gasteiger partial charge < -0.3 is 10.5 Å². The number of rotatable bonds is 4. The minimum Gasteiger partial charge on any atom is -0.382 e. The summed E-state index contributed by atoms with van der Waals surface area (Å²) in [4.78, 5) is 25.8. The fraction of sp³-hybridized carbons (Fsp3) is 0.833. The molecule has 2 rings (SSSR count). The number of nitrogens with two attached hydrogens (primary N) is 1. The molecule has 5 heteroatoms. The van der Waals surface area contributed by atoms with E-state index in [1.54, 1.807) is 7.11 Å². The predicted molar refractivity (Wildman–Crippen MR) is 62.0 cm³/mol. The van der Waals surface area contributed by atoms with Crippen LogP contribution in [0, 0.1) is 11.8 Å².